The number of rotatable bonds is 6. The van der Waals surface area contributed by atoms with Gasteiger partial charge in [0, 0.05) is 17.4 Å². The van der Waals surface area contributed by atoms with Gasteiger partial charge in [-0.1, -0.05) is 6.07 Å². The molecule has 0 spiro atoms. The van der Waals surface area contributed by atoms with Crippen LogP contribution in [0.1, 0.15) is 17.9 Å². The molecule has 1 aromatic carbocycles. The summed E-state index contributed by atoms with van der Waals surface area (Å²) in [6.07, 6.45) is 0.521. The first-order valence-electron chi connectivity index (χ1n) is 7.67. The van der Waals surface area contributed by atoms with Crippen molar-refractivity contribution in [1.82, 2.24) is 10.2 Å². The second-order valence-corrected chi connectivity index (χ2v) is 6.14. The van der Waals surface area contributed by atoms with E-state index in [-0.39, 0.29) is 25.8 Å². The van der Waals surface area contributed by atoms with Crippen LogP contribution in [0, 0.1) is 0 Å². The lowest BCUT2D eigenvalue weighted by Gasteiger charge is -2.05. The van der Waals surface area contributed by atoms with Crippen LogP contribution in [0.15, 0.2) is 39.4 Å². The Labute approximate surface area is 147 Å². The average molecular weight is 358 g/mol. The average Bonchev–Trinajstić information content (AvgIpc) is 3.38. The molecule has 0 bridgehead atoms. The van der Waals surface area contributed by atoms with Crippen LogP contribution in [0.4, 0.5) is 0 Å². The summed E-state index contributed by atoms with van der Waals surface area (Å²) in [6.45, 7) is 0.398. The Balaban J connectivity index is 1.27. The zero-order chi connectivity index (χ0) is 17.1. The summed E-state index contributed by atoms with van der Waals surface area (Å²) in [7, 11) is 0. The standard InChI is InChI=1S/C17H14N2O5S/c20-16(21-8-11-1-2-13-14(7-11)23-10-22-13)4-3-15-18-19-17(24-15)12-5-6-25-9-12/h1-2,5-7,9H,3-4,8,10H2. The lowest BCUT2D eigenvalue weighted by atomic mass is 10.2. The van der Waals surface area contributed by atoms with Crippen molar-refractivity contribution >= 4 is 17.3 Å². The third kappa shape index (κ3) is 3.63. The number of carbonyl (C=O) groups is 1. The van der Waals surface area contributed by atoms with Gasteiger partial charge in [0.25, 0.3) is 0 Å². The van der Waals surface area contributed by atoms with Gasteiger partial charge in [0.05, 0.1) is 6.42 Å². The molecule has 0 radical (unpaired) electrons. The number of nitrogens with zero attached hydrogens (tertiary/aromatic N) is 2. The molecule has 0 aliphatic carbocycles. The quantitative estimate of drug-likeness (QED) is 0.626. The second-order valence-electron chi connectivity index (χ2n) is 5.36. The SMILES string of the molecule is O=C(CCc1nnc(-c2ccsc2)o1)OCc1ccc2c(c1)OCO2. The largest absolute Gasteiger partial charge is 0.461 e. The smallest absolute Gasteiger partial charge is 0.306 e. The van der Waals surface area contributed by atoms with Gasteiger partial charge >= 0.3 is 5.97 Å². The van der Waals surface area contributed by atoms with Gasteiger partial charge in [0.1, 0.15) is 6.61 Å². The van der Waals surface area contributed by atoms with E-state index < -0.39 is 0 Å². The number of esters is 1. The summed E-state index contributed by atoms with van der Waals surface area (Å²) in [6, 6.07) is 7.35. The number of hydrogen-bond donors (Lipinski definition) is 0. The van der Waals surface area contributed by atoms with Crippen molar-refractivity contribution in [2.75, 3.05) is 6.79 Å². The normalized spacial score (nSPS) is 12.3. The molecule has 2 aromatic heterocycles. The minimum Gasteiger partial charge on any atom is -0.461 e. The maximum atomic E-state index is 11.9. The van der Waals surface area contributed by atoms with Crippen LogP contribution in [0.5, 0.6) is 11.5 Å². The molecule has 0 unspecified atom stereocenters. The van der Waals surface area contributed by atoms with Crippen LogP contribution in [-0.2, 0) is 22.6 Å². The number of hydrogen-bond acceptors (Lipinski definition) is 8. The first-order valence-corrected chi connectivity index (χ1v) is 8.61. The molecular weight excluding hydrogens is 344 g/mol. The van der Waals surface area contributed by atoms with Gasteiger partial charge in [-0.3, -0.25) is 4.79 Å². The molecule has 7 nitrogen and oxygen atoms in total. The summed E-state index contributed by atoms with van der Waals surface area (Å²) in [5.41, 5.74) is 1.73. The van der Waals surface area contributed by atoms with Crippen LogP contribution < -0.4 is 9.47 Å². The van der Waals surface area contributed by atoms with Crippen molar-refractivity contribution in [3.05, 3.63) is 46.5 Å². The number of aromatic nitrogens is 2. The fourth-order valence-corrected chi connectivity index (χ4v) is 2.96. The van der Waals surface area contributed by atoms with Crippen molar-refractivity contribution in [2.45, 2.75) is 19.4 Å². The first kappa shape index (κ1) is 15.6. The van der Waals surface area contributed by atoms with E-state index in [4.69, 9.17) is 18.6 Å². The van der Waals surface area contributed by atoms with E-state index in [1.165, 1.54) is 0 Å². The van der Waals surface area contributed by atoms with Gasteiger partial charge < -0.3 is 18.6 Å². The molecule has 0 fully saturated rings. The third-order valence-electron chi connectivity index (χ3n) is 3.61. The van der Waals surface area contributed by atoms with E-state index in [9.17, 15) is 4.79 Å². The first-order chi connectivity index (χ1) is 12.3. The zero-order valence-electron chi connectivity index (χ0n) is 13.1. The van der Waals surface area contributed by atoms with Crippen molar-refractivity contribution in [1.29, 1.82) is 0 Å². The summed E-state index contributed by atoms with van der Waals surface area (Å²) < 4.78 is 21.3. The minimum atomic E-state index is -0.326. The lowest BCUT2D eigenvalue weighted by Crippen LogP contribution is -2.06. The van der Waals surface area contributed by atoms with E-state index in [0.717, 1.165) is 11.1 Å². The highest BCUT2D eigenvalue weighted by Gasteiger charge is 2.15. The monoisotopic (exact) mass is 358 g/mol. The van der Waals surface area contributed by atoms with Gasteiger partial charge in [-0.05, 0) is 29.1 Å². The number of benzene rings is 1. The fraction of sp³-hybridized carbons (Fsp3) is 0.235. The molecule has 0 amide bonds. The third-order valence-corrected chi connectivity index (χ3v) is 4.30. The summed E-state index contributed by atoms with van der Waals surface area (Å²) in [5.74, 6) is 1.92. The molecule has 3 aromatic rings. The van der Waals surface area contributed by atoms with Crippen LogP contribution in [0.2, 0.25) is 0 Å². The predicted molar refractivity (Wildman–Crippen MR) is 88.3 cm³/mol. The number of ether oxygens (including phenoxy) is 3. The van der Waals surface area contributed by atoms with Crippen LogP contribution in [0.25, 0.3) is 11.5 Å². The van der Waals surface area contributed by atoms with Crippen LogP contribution >= 0.6 is 11.3 Å². The molecule has 25 heavy (non-hydrogen) atoms. The zero-order valence-corrected chi connectivity index (χ0v) is 14.0. The minimum absolute atomic E-state index is 0.176. The van der Waals surface area contributed by atoms with Crippen molar-refractivity contribution in [2.24, 2.45) is 0 Å². The summed E-state index contributed by atoms with van der Waals surface area (Å²) in [5, 5.41) is 11.8. The predicted octanol–water partition coefficient (Wildman–Crippen LogP) is 3.20. The van der Waals surface area contributed by atoms with E-state index in [1.54, 1.807) is 23.5 Å². The van der Waals surface area contributed by atoms with E-state index in [0.29, 0.717) is 29.7 Å². The fourth-order valence-electron chi connectivity index (χ4n) is 2.33. The molecule has 0 saturated heterocycles. The van der Waals surface area contributed by atoms with E-state index in [1.807, 2.05) is 22.9 Å². The molecule has 0 atom stereocenters. The highest BCUT2D eigenvalue weighted by atomic mass is 32.1. The van der Waals surface area contributed by atoms with Crippen molar-refractivity contribution in [3.63, 3.8) is 0 Å². The van der Waals surface area contributed by atoms with Gasteiger partial charge in [-0.2, -0.15) is 11.3 Å². The molecule has 4 rings (SSSR count). The van der Waals surface area contributed by atoms with Gasteiger partial charge in [-0.25, -0.2) is 0 Å². The van der Waals surface area contributed by atoms with E-state index in [2.05, 4.69) is 10.2 Å². The molecule has 1 aliphatic rings. The topological polar surface area (TPSA) is 83.7 Å². The molecular formula is C17H14N2O5S. The highest BCUT2D eigenvalue weighted by Crippen LogP contribution is 2.32. The van der Waals surface area contributed by atoms with Crippen LogP contribution in [0.3, 0.4) is 0 Å². The maximum absolute atomic E-state index is 11.9. The Bertz CT molecular complexity index is 875. The van der Waals surface area contributed by atoms with Crippen LogP contribution in [-0.4, -0.2) is 23.0 Å². The number of thiophene rings is 1. The molecule has 1 aliphatic heterocycles. The Morgan fingerprint density at radius 2 is 2.12 bits per heavy atom. The molecule has 0 saturated carbocycles. The number of fused-ring (bicyclic) bond motifs is 1. The maximum Gasteiger partial charge on any atom is 0.306 e. The van der Waals surface area contributed by atoms with Gasteiger partial charge in [0.2, 0.25) is 18.6 Å². The highest BCUT2D eigenvalue weighted by molar-refractivity contribution is 7.08. The Morgan fingerprint density at radius 3 is 3.00 bits per heavy atom. The number of aryl methyl sites for hydroxylation is 1. The number of carbonyl (C=O) groups excluding carboxylic acids is 1. The second kappa shape index (κ2) is 6.94. The van der Waals surface area contributed by atoms with E-state index >= 15 is 0 Å². The summed E-state index contributed by atoms with van der Waals surface area (Å²) in [4.78, 5) is 11.9. The Hall–Kier alpha value is -2.87. The Morgan fingerprint density at radius 1 is 1.20 bits per heavy atom. The van der Waals surface area contributed by atoms with Crippen molar-refractivity contribution < 1.29 is 23.4 Å². The molecule has 0 N–H and O–H groups in total. The lowest BCUT2D eigenvalue weighted by molar-refractivity contribution is -0.145. The van der Waals surface area contributed by atoms with Gasteiger partial charge in [0.15, 0.2) is 11.5 Å². The molecule has 3 heterocycles. The molecule has 128 valence electrons. The van der Waals surface area contributed by atoms with Crippen molar-refractivity contribution in [3.8, 4) is 23.0 Å². The Kier molecular flexibility index (Phi) is 4.34. The molecule has 8 heteroatoms. The summed E-state index contributed by atoms with van der Waals surface area (Å²) >= 11 is 1.56. The van der Waals surface area contributed by atoms with Gasteiger partial charge in [-0.15, -0.1) is 10.2 Å².